The summed E-state index contributed by atoms with van der Waals surface area (Å²) in [5, 5.41) is 0.797. The minimum absolute atomic E-state index is 0.0448. The highest BCUT2D eigenvalue weighted by atomic mass is 32.2. The zero-order valence-electron chi connectivity index (χ0n) is 18.8. The van der Waals surface area contributed by atoms with Crippen molar-refractivity contribution in [3.05, 3.63) is 47.2 Å². The molecular weight excluding hydrogens is 408 g/mol. The van der Waals surface area contributed by atoms with Crippen LogP contribution in [0.15, 0.2) is 35.5 Å². The van der Waals surface area contributed by atoms with E-state index in [0.717, 1.165) is 80.2 Å². The van der Waals surface area contributed by atoms with Gasteiger partial charge in [0.15, 0.2) is 5.16 Å². The van der Waals surface area contributed by atoms with Crippen molar-refractivity contribution in [1.82, 2.24) is 14.9 Å². The largest absolute Gasteiger partial charge is 0.378 e. The van der Waals surface area contributed by atoms with E-state index in [-0.39, 0.29) is 11.3 Å². The fraction of sp³-hybridized carbons (Fsp3) is 0.542. The summed E-state index contributed by atoms with van der Waals surface area (Å²) in [4.78, 5) is 26.5. The third-order valence-electron chi connectivity index (χ3n) is 5.76. The van der Waals surface area contributed by atoms with Crippen molar-refractivity contribution in [3.63, 3.8) is 0 Å². The van der Waals surface area contributed by atoms with Crippen LogP contribution in [0.4, 0.5) is 5.82 Å². The molecule has 0 atom stereocenters. The Bertz CT molecular complexity index is 899. The third kappa shape index (κ3) is 5.57. The molecule has 0 N–H and O–H groups in total. The van der Waals surface area contributed by atoms with Crippen LogP contribution in [-0.2, 0) is 15.9 Å². The van der Waals surface area contributed by atoms with Crippen LogP contribution >= 0.6 is 11.8 Å². The number of likely N-dealkylation sites (tertiary alicyclic amines) is 1. The maximum atomic E-state index is 12.5. The molecule has 0 saturated carbocycles. The Morgan fingerprint density at radius 2 is 1.71 bits per heavy atom. The number of ether oxygens (including phenoxy) is 1. The number of hydrogen-bond donors (Lipinski definition) is 0. The van der Waals surface area contributed by atoms with Crippen molar-refractivity contribution in [2.24, 2.45) is 0 Å². The van der Waals surface area contributed by atoms with E-state index in [1.165, 1.54) is 5.56 Å². The van der Waals surface area contributed by atoms with E-state index in [9.17, 15) is 4.79 Å². The van der Waals surface area contributed by atoms with Crippen LogP contribution in [-0.4, -0.2) is 60.2 Å². The highest BCUT2D eigenvalue weighted by Gasteiger charge is 2.22. The summed E-state index contributed by atoms with van der Waals surface area (Å²) >= 11 is 1.65. The van der Waals surface area contributed by atoms with Crippen LogP contribution in [0, 0.1) is 0 Å². The number of thioether (sulfide) groups is 1. The lowest BCUT2D eigenvalue weighted by Crippen LogP contribution is -2.37. The fourth-order valence-corrected chi connectivity index (χ4v) is 4.62. The highest BCUT2D eigenvalue weighted by Crippen LogP contribution is 2.29. The van der Waals surface area contributed by atoms with E-state index in [1.807, 2.05) is 29.2 Å². The molecule has 2 aromatic rings. The molecule has 2 saturated heterocycles. The smallest absolute Gasteiger partial charge is 0.253 e. The van der Waals surface area contributed by atoms with Crippen LogP contribution in [0.25, 0.3) is 0 Å². The number of benzene rings is 1. The second-order valence-electron chi connectivity index (χ2n) is 9.23. The summed E-state index contributed by atoms with van der Waals surface area (Å²) in [7, 11) is 0. The molecule has 1 amide bonds. The van der Waals surface area contributed by atoms with Gasteiger partial charge in [0.2, 0.25) is 0 Å². The first kappa shape index (κ1) is 22.1. The molecule has 2 aliphatic heterocycles. The van der Waals surface area contributed by atoms with Gasteiger partial charge in [-0.3, -0.25) is 4.79 Å². The molecule has 0 unspecified atom stereocenters. The van der Waals surface area contributed by atoms with Gasteiger partial charge in [0.1, 0.15) is 5.82 Å². The molecule has 0 bridgehead atoms. The lowest BCUT2D eigenvalue weighted by atomic mass is 9.92. The summed E-state index contributed by atoms with van der Waals surface area (Å²) in [6, 6.07) is 10.1. The molecule has 4 rings (SSSR count). The van der Waals surface area contributed by atoms with Crippen molar-refractivity contribution in [1.29, 1.82) is 0 Å². The summed E-state index contributed by atoms with van der Waals surface area (Å²) in [5.74, 6) is 1.90. The topological polar surface area (TPSA) is 58.6 Å². The van der Waals surface area contributed by atoms with Crippen LogP contribution < -0.4 is 4.90 Å². The number of carbonyl (C=O) groups excluding carboxylic acids is 1. The maximum Gasteiger partial charge on any atom is 0.253 e. The lowest BCUT2D eigenvalue weighted by molar-refractivity contribution is 0.0793. The monoisotopic (exact) mass is 440 g/mol. The van der Waals surface area contributed by atoms with Gasteiger partial charge in [0.05, 0.1) is 18.9 Å². The molecule has 166 valence electrons. The molecule has 2 fully saturated rings. The first-order valence-corrected chi connectivity index (χ1v) is 12.1. The fourth-order valence-electron chi connectivity index (χ4n) is 3.81. The number of aromatic nitrogens is 2. The Kier molecular flexibility index (Phi) is 6.82. The molecule has 3 heterocycles. The van der Waals surface area contributed by atoms with E-state index >= 15 is 0 Å². The first-order valence-electron chi connectivity index (χ1n) is 11.1. The molecule has 31 heavy (non-hydrogen) atoms. The van der Waals surface area contributed by atoms with Crippen LogP contribution in [0.1, 0.15) is 55.2 Å². The standard InChI is InChI=1S/C24H32N4O2S/c1-24(2,3)20-16-21(27-12-14-30-15-13-27)26-23(25-20)31-17-18-6-8-19(9-7-18)22(29)28-10-4-5-11-28/h6-9,16H,4-5,10-15,17H2,1-3H3. The van der Waals surface area contributed by atoms with E-state index in [2.05, 4.69) is 31.7 Å². The third-order valence-corrected chi connectivity index (χ3v) is 6.68. The van der Waals surface area contributed by atoms with Gasteiger partial charge in [-0.1, -0.05) is 44.7 Å². The summed E-state index contributed by atoms with van der Waals surface area (Å²) in [5.41, 5.74) is 2.95. The summed E-state index contributed by atoms with van der Waals surface area (Å²) in [6.07, 6.45) is 2.22. The number of rotatable bonds is 5. The van der Waals surface area contributed by atoms with Gasteiger partial charge in [-0.15, -0.1) is 0 Å². The molecule has 1 aromatic heterocycles. The average molecular weight is 441 g/mol. The molecule has 0 radical (unpaired) electrons. The molecular formula is C24H32N4O2S. The molecule has 1 aromatic carbocycles. The predicted molar refractivity (Wildman–Crippen MR) is 125 cm³/mol. The summed E-state index contributed by atoms with van der Waals surface area (Å²) in [6.45, 7) is 11.5. The number of morpholine rings is 1. The zero-order chi connectivity index (χ0) is 21.8. The van der Waals surface area contributed by atoms with Gasteiger partial charge in [-0.05, 0) is 30.5 Å². The Balaban J connectivity index is 1.46. The average Bonchev–Trinajstić information content (AvgIpc) is 3.32. The molecule has 0 spiro atoms. The number of anilines is 1. The van der Waals surface area contributed by atoms with Gasteiger partial charge >= 0.3 is 0 Å². The SMILES string of the molecule is CC(C)(C)c1cc(N2CCOCC2)nc(SCc2ccc(C(=O)N3CCCC3)cc2)n1. The van der Waals surface area contributed by atoms with Crippen molar-refractivity contribution < 1.29 is 9.53 Å². The van der Waals surface area contributed by atoms with Crippen molar-refractivity contribution in [2.75, 3.05) is 44.3 Å². The van der Waals surface area contributed by atoms with Gasteiger partial charge in [-0.2, -0.15) is 0 Å². The minimum Gasteiger partial charge on any atom is -0.378 e. The predicted octanol–water partition coefficient (Wildman–Crippen LogP) is 4.14. The molecule has 0 aliphatic carbocycles. The Labute approximate surface area is 189 Å². The van der Waals surface area contributed by atoms with Crippen molar-refractivity contribution in [3.8, 4) is 0 Å². The molecule has 2 aliphatic rings. The minimum atomic E-state index is -0.0448. The number of nitrogens with zero attached hydrogens (tertiary/aromatic N) is 4. The van der Waals surface area contributed by atoms with Crippen LogP contribution in [0.2, 0.25) is 0 Å². The zero-order valence-corrected chi connectivity index (χ0v) is 19.6. The Morgan fingerprint density at radius 1 is 1.03 bits per heavy atom. The van der Waals surface area contributed by atoms with Gasteiger partial charge < -0.3 is 14.5 Å². The summed E-state index contributed by atoms with van der Waals surface area (Å²) < 4.78 is 5.50. The first-order chi connectivity index (χ1) is 14.9. The highest BCUT2D eigenvalue weighted by molar-refractivity contribution is 7.98. The number of amides is 1. The molecule has 7 heteroatoms. The van der Waals surface area contributed by atoms with Crippen LogP contribution in [0.5, 0.6) is 0 Å². The van der Waals surface area contributed by atoms with Crippen molar-refractivity contribution in [2.45, 2.75) is 49.9 Å². The van der Waals surface area contributed by atoms with E-state index in [4.69, 9.17) is 14.7 Å². The number of hydrogen-bond acceptors (Lipinski definition) is 6. The van der Waals surface area contributed by atoms with Gasteiger partial charge in [0, 0.05) is 49.0 Å². The second-order valence-corrected chi connectivity index (χ2v) is 10.2. The van der Waals surface area contributed by atoms with Crippen LogP contribution in [0.3, 0.4) is 0 Å². The van der Waals surface area contributed by atoms with E-state index in [1.54, 1.807) is 11.8 Å². The second kappa shape index (κ2) is 9.57. The van der Waals surface area contributed by atoms with E-state index < -0.39 is 0 Å². The van der Waals surface area contributed by atoms with Crippen molar-refractivity contribution >= 4 is 23.5 Å². The van der Waals surface area contributed by atoms with Gasteiger partial charge in [0.25, 0.3) is 5.91 Å². The Hall–Kier alpha value is -2.12. The van der Waals surface area contributed by atoms with Gasteiger partial charge in [-0.25, -0.2) is 9.97 Å². The Morgan fingerprint density at radius 3 is 2.35 bits per heavy atom. The molecule has 6 nitrogen and oxygen atoms in total. The van der Waals surface area contributed by atoms with E-state index in [0.29, 0.717) is 0 Å². The maximum absolute atomic E-state index is 12.5. The normalized spacial score (nSPS) is 17.3. The quantitative estimate of drug-likeness (QED) is 0.514. The lowest BCUT2D eigenvalue weighted by Gasteiger charge is -2.29. The number of carbonyl (C=O) groups is 1.